The van der Waals surface area contributed by atoms with E-state index in [0.29, 0.717) is 5.92 Å². The normalized spacial score (nSPS) is 18.3. The van der Waals surface area contributed by atoms with Gasteiger partial charge in [0, 0.05) is 6.61 Å². The number of carboxylic acid groups (broad SMARTS) is 1. The Balaban J connectivity index is 0.000000876. The van der Waals surface area contributed by atoms with Gasteiger partial charge in [0.05, 0.1) is 0 Å². The van der Waals surface area contributed by atoms with Crippen LogP contribution in [-0.2, 0) is 24.1 Å². The Morgan fingerprint density at radius 3 is 2.18 bits per heavy atom. The van der Waals surface area contributed by atoms with Gasteiger partial charge >= 0.3 is 0 Å². The number of benzene rings is 2. The highest BCUT2D eigenvalue weighted by Crippen LogP contribution is 2.41. The van der Waals surface area contributed by atoms with Gasteiger partial charge in [0.15, 0.2) is 0 Å². The average molecular weight is 599 g/mol. The minimum atomic E-state index is -0.250. The number of rotatable bonds is 11. The SMILES string of the molecule is C=C(C)C.CCCCCc1ccc(C2CCC(C3=CC=C(c4ccc(CC(C)CO)cc4)C=CC3)CC2)cc1CC.O=CO. The van der Waals surface area contributed by atoms with Crippen molar-refractivity contribution in [1.29, 1.82) is 0 Å². The molecule has 0 radical (unpaired) electrons. The molecule has 240 valence electrons. The van der Waals surface area contributed by atoms with Crippen LogP contribution in [0.3, 0.4) is 0 Å². The second-order valence-corrected chi connectivity index (χ2v) is 12.9. The smallest absolute Gasteiger partial charge is 0.290 e. The number of hydrogen-bond acceptors (Lipinski definition) is 2. The molecule has 1 unspecified atom stereocenters. The van der Waals surface area contributed by atoms with Crippen molar-refractivity contribution < 1.29 is 15.0 Å². The van der Waals surface area contributed by atoms with Crippen molar-refractivity contribution in [3.8, 4) is 0 Å². The van der Waals surface area contributed by atoms with E-state index in [1.165, 1.54) is 73.6 Å². The molecule has 3 nitrogen and oxygen atoms in total. The van der Waals surface area contributed by atoms with E-state index in [-0.39, 0.29) is 13.1 Å². The molecule has 1 atom stereocenters. The van der Waals surface area contributed by atoms with Crippen molar-refractivity contribution in [3.05, 3.63) is 112 Å². The first-order valence-electron chi connectivity index (χ1n) is 16.8. The van der Waals surface area contributed by atoms with Crippen LogP contribution in [0, 0.1) is 11.8 Å². The van der Waals surface area contributed by atoms with Crippen LogP contribution in [0.25, 0.3) is 5.57 Å². The molecular weight excluding hydrogens is 540 g/mol. The summed E-state index contributed by atoms with van der Waals surface area (Å²) < 4.78 is 0. The van der Waals surface area contributed by atoms with Crippen molar-refractivity contribution in [2.75, 3.05) is 6.61 Å². The Kier molecular flexibility index (Phi) is 17.4. The van der Waals surface area contributed by atoms with Crippen molar-refractivity contribution in [2.24, 2.45) is 11.8 Å². The molecule has 2 aliphatic rings. The second-order valence-electron chi connectivity index (χ2n) is 12.9. The Hall–Kier alpha value is -3.17. The number of aliphatic hydroxyl groups is 1. The lowest BCUT2D eigenvalue weighted by atomic mass is 9.75. The average Bonchev–Trinajstić information content (AvgIpc) is 3.28. The lowest BCUT2D eigenvalue weighted by Crippen LogP contribution is -2.15. The van der Waals surface area contributed by atoms with Crippen molar-refractivity contribution in [2.45, 2.75) is 111 Å². The standard InChI is InChI=1S/C36H48O.C4H8.CH2O2/c1-4-6-7-9-30-22-23-36(25-29(30)5-2)35-20-18-34(19-21-35)32-11-8-10-31(16-17-32)33-14-12-28(13-15-33)24-27(3)26-37;1-4(2)3;2-1-3/h8,10,12-17,22-23,25,27,34-35,37H,4-7,9,11,18-21,24,26H2,1-3H3;1H2,2-3H3;1H,(H,2,3). The zero-order chi connectivity index (χ0) is 32.3. The maximum Gasteiger partial charge on any atom is 0.290 e. The Morgan fingerprint density at radius 2 is 1.59 bits per heavy atom. The summed E-state index contributed by atoms with van der Waals surface area (Å²) in [6.07, 6.45) is 23.0. The third-order valence-electron chi connectivity index (χ3n) is 8.69. The predicted molar refractivity (Wildman–Crippen MR) is 189 cm³/mol. The number of hydrogen-bond donors (Lipinski definition) is 2. The summed E-state index contributed by atoms with van der Waals surface area (Å²) in [6.45, 7) is 14.2. The van der Waals surface area contributed by atoms with Crippen LogP contribution in [0.5, 0.6) is 0 Å². The highest BCUT2D eigenvalue weighted by atomic mass is 16.3. The lowest BCUT2D eigenvalue weighted by Gasteiger charge is -2.30. The van der Waals surface area contributed by atoms with Crippen LogP contribution in [0.15, 0.2) is 84.5 Å². The molecule has 0 aliphatic heterocycles. The summed E-state index contributed by atoms with van der Waals surface area (Å²) in [7, 11) is 0. The fraction of sp³-hybridized carbons (Fsp3) is 0.488. The Morgan fingerprint density at radius 1 is 0.955 bits per heavy atom. The summed E-state index contributed by atoms with van der Waals surface area (Å²) in [5.74, 6) is 1.76. The van der Waals surface area contributed by atoms with Crippen molar-refractivity contribution in [3.63, 3.8) is 0 Å². The highest BCUT2D eigenvalue weighted by Gasteiger charge is 2.25. The molecule has 0 saturated heterocycles. The van der Waals surface area contributed by atoms with Crippen LogP contribution < -0.4 is 0 Å². The molecule has 2 aromatic rings. The summed E-state index contributed by atoms with van der Waals surface area (Å²) in [4.78, 5) is 8.36. The molecule has 4 rings (SSSR count). The van der Waals surface area contributed by atoms with Gasteiger partial charge in [-0.25, -0.2) is 0 Å². The van der Waals surface area contributed by atoms with Crippen LogP contribution in [0.4, 0.5) is 0 Å². The zero-order valence-corrected chi connectivity index (χ0v) is 28.2. The van der Waals surface area contributed by atoms with Gasteiger partial charge in [-0.05, 0) is 123 Å². The van der Waals surface area contributed by atoms with Crippen LogP contribution >= 0.6 is 0 Å². The third kappa shape index (κ3) is 12.8. The first kappa shape index (κ1) is 37.0. The molecule has 1 fully saturated rings. The van der Waals surface area contributed by atoms with Gasteiger partial charge in [0.1, 0.15) is 0 Å². The molecule has 2 aromatic carbocycles. The number of allylic oxidation sites excluding steroid dienone is 7. The monoisotopic (exact) mass is 598 g/mol. The van der Waals surface area contributed by atoms with E-state index < -0.39 is 0 Å². The van der Waals surface area contributed by atoms with Crippen LogP contribution in [0.1, 0.15) is 120 Å². The fourth-order valence-electron chi connectivity index (χ4n) is 6.27. The summed E-state index contributed by atoms with van der Waals surface area (Å²) in [6, 6.07) is 16.3. The fourth-order valence-corrected chi connectivity index (χ4v) is 6.27. The van der Waals surface area contributed by atoms with Gasteiger partial charge < -0.3 is 10.2 Å². The molecule has 2 aliphatic carbocycles. The summed E-state index contributed by atoms with van der Waals surface area (Å²) >= 11 is 0. The first-order valence-corrected chi connectivity index (χ1v) is 16.8. The maximum atomic E-state index is 9.33. The topological polar surface area (TPSA) is 57.5 Å². The van der Waals surface area contributed by atoms with Gasteiger partial charge in [-0.2, -0.15) is 0 Å². The van der Waals surface area contributed by atoms with Gasteiger partial charge in [-0.1, -0.05) is 112 Å². The maximum absolute atomic E-state index is 9.33. The highest BCUT2D eigenvalue weighted by molar-refractivity contribution is 5.76. The van der Waals surface area contributed by atoms with Crippen LogP contribution in [0.2, 0.25) is 0 Å². The van der Waals surface area contributed by atoms with Gasteiger partial charge in [-0.3, -0.25) is 4.79 Å². The molecule has 0 aromatic heterocycles. The minimum absolute atomic E-state index is 0.246. The summed E-state index contributed by atoms with van der Waals surface area (Å²) in [5.41, 5.74) is 11.4. The van der Waals surface area contributed by atoms with E-state index in [2.05, 4.69) is 94.1 Å². The van der Waals surface area contributed by atoms with E-state index in [1.807, 2.05) is 13.8 Å². The van der Waals surface area contributed by atoms with E-state index in [0.717, 1.165) is 31.1 Å². The van der Waals surface area contributed by atoms with Crippen molar-refractivity contribution >= 4 is 12.0 Å². The number of unbranched alkanes of at least 4 members (excludes halogenated alkanes) is 2. The predicted octanol–water partition coefficient (Wildman–Crippen LogP) is 10.7. The van der Waals surface area contributed by atoms with Gasteiger partial charge in [-0.15, -0.1) is 6.58 Å². The van der Waals surface area contributed by atoms with Gasteiger partial charge in [0.25, 0.3) is 6.47 Å². The van der Waals surface area contributed by atoms with Crippen LogP contribution in [-0.4, -0.2) is 23.3 Å². The number of carbonyl (C=O) groups is 1. The molecule has 2 N–H and O–H groups in total. The Labute approximate surface area is 268 Å². The zero-order valence-electron chi connectivity index (χ0n) is 28.2. The molecule has 0 heterocycles. The minimum Gasteiger partial charge on any atom is -0.483 e. The molecular formula is C41H58O3. The van der Waals surface area contributed by atoms with E-state index in [1.54, 1.807) is 22.3 Å². The second kappa shape index (κ2) is 20.7. The third-order valence-corrected chi connectivity index (χ3v) is 8.69. The van der Waals surface area contributed by atoms with E-state index in [9.17, 15) is 5.11 Å². The molecule has 0 bridgehead atoms. The first-order chi connectivity index (χ1) is 21.3. The molecule has 44 heavy (non-hydrogen) atoms. The summed E-state index contributed by atoms with van der Waals surface area (Å²) in [5, 5.41) is 16.2. The lowest BCUT2D eigenvalue weighted by molar-refractivity contribution is -0.122. The van der Waals surface area contributed by atoms with E-state index in [4.69, 9.17) is 9.90 Å². The molecule has 0 amide bonds. The molecule has 1 saturated carbocycles. The Bertz CT molecular complexity index is 1220. The van der Waals surface area contributed by atoms with E-state index >= 15 is 0 Å². The largest absolute Gasteiger partial charge is 0.483 e. The number of aryl methyl sites for hydroxylation is 2. The number of aliphatic hydroxyl groups excluding tert-OH is 1. The quantitative estimate of drug-likeness (QED) is 0.154. The molecule has 3 heteroatoms. The van der Waals surface area contributed by atoms with Gasteiger partial charge in [0.2, 0.25) is 0 Å². The van der Waals surface area contributed by atoms with Crippen molar-refractivity contribution in [1.82, 2.24) is 0 Å². The molecule has 0 spiro atoms.